The van der Waals surface area contributed by atoms with E-state index in [1.165, 1.54) is 0 Å². The number of carbonyl (C=O) groups is 1. The van der Waals surface area contributed by atoms with Gasteiger partial charge in [-0.2, -0.15) is 0 Å². The van der Waals surface area contributed by atoms with Crippen molar-refractivity contribution in [2.45, 2.75) is 33.1 Å². The van der Waals surface area contributed by atoms with E-state index in [0.29, 0.717) is 18.3 Å². The molecule has 0 fully saturated rings. The molecule has 3 N–H and O–H groups in total. The standard InChI is InChI=1S/C14H22N2O3/c1-3-4-11(7-8-17)9-15-13-12(14(18)19)6-5-10(2)16-13/h5-6,11,17H,3-4,7-9H2,1-2H3,(H,15,16)(H,18,19). The first-order valence-corrected chi connectivity index (χ1v) is 6.64. The number of aromatic carboxylic acids is 1. The second kappa shape index (κ2) is 7.74. The number of hydrogen-bond donors (Lipinski definition) is 3. The molecule has 1 heterocycles. The maximum atomic E-state index is 11.1. The number of rotatable bonds is 8. The molecule has 5 nitrogen and oxygen atoms in total. The highest BCUT2D eigenvalue weighted by molar-refractivity contribution is 5.93. The van der Waals surface area contributed by atoms with Gasteiger partial charge in [0.25, 0.3) is 0 Å². The third-order valence-corrected chi connectivity index (χ3v) is 3.06. The van der Waals surface area contributed by atoms with Crippen LogP contribution in [0.5, 0.6) is 0 Å². The van der Waals surface area contributed by atoms with Crippen LogP contribution < -0.4 is 5.32 Å². The number of anilines is 1. The predicted octanol–water partition coefficient (Wildman–Crippen LogP) is 2.30. The lowest BCUT2D eigenvalue weighted by atomic mass is 10.0. The third-order valence-electron chi connectivity index (χ3n) is 3.06. The molecule has 0 aliphatic heterocycles. The van der Waals surface area contributed by atoms with Crippen molar-refractivity contribution in [3.05, 3.63) is 23.4 Å². The second-order valence-corrected chi connectivity index (χ2v) is 4.70. The number of aliphatic hydroxyl groups is 1. The molecule has 1 aromatic heterocycles. The molecule has 106 valence electrons. The number of nitrogens with one attached hydrogen (secondary N) is 1. The quantitative estimate of drug-likeness (QED) is 0.672. The van der Waals surface area contributed by atoms with E-state index in [-0.39, 0.29) is 12.2 Å². The Hall–Kier alpha value is -1.62. The zero-order chi connectivity index (χ0) is 14.3. The average molecular weight is 266 g/mol. The summed E-state index contributed by atoms with van der Waals surface area (Å²) < 4.78 is 0. The first-order valence-electron chi connectivity index (χ1n) is 6.64. The predicted molar refractivity (Wildman–Crippen MR) is 74.5 cm³/mol. The summed E-state index contributed by atoms with van der Waals surface area (Å²) in [4.78, 5) is 15.3. The number of aliphatic hydroxyl groups excluding tert-OH is 1. The molecule has 0 saturated carbocycles. The maximum Gasteiger partial charge on any atom is 0.339 e. The van der Waals surface area contributed by atoms with E-state index in [1.807, 2.05) is 6.92 Å². The van der Waals surface area contributed by atoms with Gasteiger partial charge in [0, 0.05) is 18.8 Å². The zero-order valence-corrected chi connectivity index (χ0v) is 11.5. The molecule has 1 atom stereocenters. The van der Waals surface area contributed by atoms with Crippen molar-refractivity contribution < 1.29 is 15.0 Å². The Morgan fingerprint density at radius 3 is 2.74 bits per heavy atom. The number of hydrogen-bond acceptors (Lipinski definition) is 4. The van der Waals surface area contributed by atoms with Gasteiger partial charge in [-0.25, -0.2) is 9.78 Å². The highest BCUT2D eigenvalue weighted by atomic mass is 16.4. The number of nitrogens with zero attached hydrogens (tertiary/aromatic N) is 1. The van der Waals surface area contributed by atoms with Crippen LogP contribution in [0.2, 0.25) is 0 Å². The maximum absolute atomic E-state index is 11.1. The Bertz CT molecular complexity index is 415. The zero-order valence-electron chi connectivity index (χ0n) is 11.5. The van der Waals surface area contributed by atoms with Crippen molar-refractivity contribution in [2.24, 2.45) is 5.92 Å². The Kier molecular flexibility index (Phi) is 6.29. The third kappa shape index (κ3) is 4.87. The van der Waals surface area contributed by atoms with Gasteiger partial charge in [-0.3, -0.25) is 0 Å². The van der Waals surface area contributed by atoms with Crippen LogP contribution in [-0.2, 0) is 0 Å². The minimum Gasteiger partial charge on any atom is -0.478 e. The Morgan fingerprint density at radius 1 is 1.42 bits per heavy atom. The number of pyridine rings is 1. The highest BCUT2D eigenvalue weighted by Gasteiger charge is 2.13. The van der Waals surface area contributed by atoms with E-state index >= 15 is 0 Å². The smallest absolute Gasteiger partial charge is 0.339 e. The van der Waals surface area contributed by atoms with Gasteiger partial charge < -0.3 is 15.5 Å². The van der Waals surface area contributed by atoms with Crippen LogP contribution in [0.1, 0.15) is 42.2 Å². The average Bonchev–Trinajstić information content (AvgIpc) is 2.36. The van der Waals surface area contributed by atoms with Crippen LogP contribution in [0.4, 0.5) is 5.82 Å². The van der Waals surface area contributed by atoms with E-state index in [0.717, 1.165) is 25.0 Å². The Balaban J connectivity index is 2.74. The summed E-state index contributed by atoms with van der Waals surface area (Å²) in [5, 5.41) is 21.2. The van der Waals surface area contributed by atoms with Crippen LogP contribution in [0, 0.1) is 12.8 Å². The molecule has 5 heteroatoms. The molecule has 0 bridgehead atoms. The normalized spacial score (nSPS) is 12.2. The van der Waals surface area contributed by atoms with Crippen LogP contribution in [0.25, 0.3) is 0 Å². The van der Waals surface area contributed by atoms with Gasteiger partial charge in [-0.05, 0) is 37.8 Å². The van der Waals surface area contributed by atoms with Gasteiger partial charge in [0.15, 0.2) is 0 Å². The van der Waals surface area contributed by atoms with Crippen molar-refractivity contribution in [3.63, 3.8) is 0 Å². The molecule has 0 amide bonds. The Labute approximate surface area is 113 Å². The van der Waals surface area contributed by atoms with Crippen LogP contribution in [-0.4, -0.2) is 34.3 Å². The lowest BCUT2D eigenvalue weighted by Gasteiger charge is -2.17. The molecule has 0 spiro atoms. The Morgan fingerprint density at radius 2 is 2.16 bits per heavy atom. The first-order chi connectivity index (χ1) is 9.08. The summed E-state index contributed by atoms with van der Waals surface area (Å²) in [7, 11) is 0. The molecule has 0 radical (unpaired) electrons. The summed E-state index contributed by atoms with van der Waals surface area (Å²) in [6.45, 7) is 4.70. The molecule has 1 aromatic rings. The van der Waals surface area contributed by atoms with Gasteiger partial charge in [-0.1, -0.05) is 13.3 Å². The fourth-order valence-corrected chi connectivity index (χ4v) is 2.04. The first kappa shape index (κ1) is 15.4. The topological polar surface area (TPSA) is 82.5 Å². The summed E-state index contributed by atoms with van der Waals surface area (Å²) in [6, 6.07) is 3.25. The molecular weight excluding hydrogens is 244 g/mol. The van der Waals surface area contributed by atoms with Gasteiger partial charge >= 0.3 is 5.97 Å². The molecule has 1 unspecified atom stereocenters. The molecule has 1 rings (SSSR count). The number of carboxylic acid groups (broad SMARTS) is 1. The molecular formula is C14H22N2O3. The van der Waals surface area contributed by atoms with Crippen molar-refractivity contribution in [2.75, 3.05) is 18.5 Å². The van der Waals surface area contributed by atoms with E-state index < -0.39 is 5.97 Å². The summed E-state index contributed by atoms with van der Waals surface area (Å²) in [5.74, 6) is -0.241. The minimum absolute atomic E-state index is 0.152. The summed E-state index contributed by atoms with van der Waals surface area (Å²) in [5.41, 5.74) is 0.964. The minimum atomic E-state index is -0.982. The van der Waals surface area contributed by atoms with Gasteiger partial charge in [0.2, 0.25) is 0 Å². The van der Waals surface area contributed by atoms with E-state index in [9.17, 15) is 4.79 Å². The highest BCUT2D eigenvalue weighted by Crippen LogP contribution is 2.16. The largest absolute Gasteiger partial charge is 0.478 e. The molecule has 0 aliphatic carbocycles. The second-order valence-electron chi connectivity index (χ2n) is 4.70. The van der Waals surface area contributed by atoms with E-state index in [2.05, 4.69) is 17.2 Å². The number of aryl methyl sites for hydroxylation is 1. The van der Waals surface area contributed by atoms with E-state index in [4.69, 9.17) is 10.2 Å². The van der Waals surface area contributed by atoms with Crippen molar-refractivity contribution in [1.82, 2.24) is 4.98 Å². The fourth-order valence-electron chi connectivity index (χ4n) is 2.04. The fraction of sp³-hybridized carbons (Fsp3) is 0.571. The van der Waals surface area contributed by atoms with Crippen molar-refractivity contribution >= 4 is 11.8 Å². The van der Waals surface area contributed by atoms with Crippen molar-refractivity contribution in [3.8, 4) is 0 Å². The monoisotopic (exact) mass is 266 g/mol. The van der Waals surface area contributed by atoms with Crippen LogP contribution in [0.15, 0.2) is 12.1 Å². The lowest BCUT2D eigenvalue weighted by Crippen LogP contribution is -2.18. The van der Waals surface area contributed by atoms with Gasteiger partial charge in [0.05, 0.1) is 0 Å². The van der Waals surface area contributed by atoms with Crippen molar-refractivity contribution in [1.29, 1.82) is 0 Å². The number of carboxylic acids is 1. The molecule has 0 saturated heterocycles. The molecule has 19 heavy (non-hydrogen) atoms. The summed E-state index contributed by atoms with van der Waals surface area (Å²) >= 11 is 0. The summed E-state index contributed by atoms with van der Waals surface area (Å²) in [6.07, 6.45) is 2.76. The van der Waals surface area contributed by atoms with Gasteiger partial charge in [-0.15, -0.1) is 0 Å². The van der Waals surface area contributed by atoms with Crippen LogP contribution >= 0.6 is 0 Å². The molecule has 0 aliphatic rings. The molecule has 0 aromatic carbocycles. The van der Waals surface area contributed by atoms with Gasteiger partial charge in [0.1, 0.15) is 11.4 Å². The van der Waals surface area contributed by atoms with Crippen LogP contribution in [0.3, 0.4) is 0 Å². The SMILES string of the molecule is CCCC(CCO)CNc1nc(C)ccc1C(=O)O. The lowest BCUT2D eigenvalue weighted by molar-refractivity contribution is 0.0697. The van der Waals surface area contributed by atoms with E-state index in [1.54, 1.807) is 12.1 Å². The number of aromatic nitrogens is 1.